The quantitative estimate of drug-likeness (QED) is 0.598. The Morgan fingerprint density at radius 3 is 2.55 bits per heavy atom. The number of rotatable bonds is 4. The molecule has 6 heteroatoms. The third kappa shape index (κ3) is 4.51. The predicted molar refractivity (Wildman–Crippen MR) is 88.3 cm³/mol. The molecule has 0 saturated carbocycles. The third-order valence-corrected chi connectivity index (χ3v) is 4.55. The molecule has 0 aromatic heterocycles. The van der Waals surface area contributed by atoms with Gasteiger partial charge in [0.1, 0.15) is 11.6 Å². The van der Waals surface area contributed by atoms with E-state index < -0.39 is 11.6 Å². The molecule has 0 bridgehead atoms. The number of halogens is 4. The minimum Gasteiger partial charge on any atom is -0.319 e. The van der Waals surface area contributed by atoms with Crippen LogP contribution < -0.4 is 5.32 Å². The van der Waals surface area contributed by atoms with E-state index in [4.69, 9.17) is 0 Å². The second-order valence-corrected chi connectivity index (χ2v) is 6.26. The summed E-state index contributed by atoms with van der Waals surface area (Å²) in [5.74, 6) is -0.153. The Labute approximate surface area is 138 Å². The molecule has 1 saturated heterocycles. The van der Waals surface area contributed by atoms with Gasteiger partial charge in [0.25, 0.3) is 0 Å². The van der Waals surface area contributed by atoms with Crippen molar-refractivity contribution in [3.8, 4) is 0 Å². The number of benzene rings is 1. The molecule has 114 valence electrons. The Bertz CT molecular complexity index is 437. The lowest BCUT2D eigenvalue weighted by molar-refractivity contribution is 0.173. The average molecular weight is 417 g/mol. The summed E-state index contributed by atoms with van der Waals surface area (Å²) >= 11 is 1.91. The number of piperidine rings is 1. The maximum Gasteiger partial charge on any atom is 0.143 e. The van der Waals surface area contributed by atoms with E-state index in [2.05, 4.69) is 10.2 Å². The Hall–Kier alpha value is 0.0200. The van der Waals surface area contributed by atoms with Gasteiger partial charge in [0.2, 0.25) is 0 Å². The van der Waals surface area contributed by atoms with Crippen LogP contribution in [0.3, 0.4) is 0 Å². The molecule has 0 amide bonds. The van der Waals surface area contributed by atoms with Crippen LogP contribution in [0.25, 0.3) is 0 Å². The lowest BCUT2D eigenvalue weighted by atomic mass is 9.96. The molecule has 1 heterocycles. The highest BCUT2D eigenvalue weighted by atomic mass is 127. The molecule has 20 heavy (non-hydrogen) atoms. The van der Waals surface area contributed by atoms with E-state index in [1.807, 2.05) is 29.6 Å². The summed E-state index contributed by atoms with van der Waals surface area (Å²) in [7, 11) is 1.96. The SMILES string of the molecule is CNCC1CCN(Cc2c(F)ccc(I)c2F)CC1.Cl. The average Bonchev–Trinajstić information content (AvgIpc) is 2.41. The van der Waals surface area contributed by atoms with Crippen molar-refractivity contribution >= 4 is 35.0 Å². The van der Waals surface area contributed by atoms with Crippen LogP contribution in [0, 0.1) is 21.1 Å². The van der Waals surface area contributed by atoms with Gasteiger partial charge in [-0.25, -0.2) is 8.78 Å². The second-order valence-electron chi connectivity index (χ2n) is 5.10. The topological polar surface area (TPSA) is 15.3 Å². The molecule has 2 nitrogen and oxygen atoms in total. The van der Waals surface area contributed by atoms with Crippen molar-refractivity contribution in [3.63, 3.8) is 0 Å². The maximum atomic E-state index is 13.9. The monoisotopic (exact) mass is 416 g/mol. The highest BCUT2D eigenvalue weighted by Gasteiger charge is 2.21. The van der Waals surface area contributed by atoms with Crippen LogP contribution in [0.2, 0.25) is 0 Å². The number of likely N-dealkylation sites (tertiary alicyclic amines) is 1. The van der Waals surface area contributed by atoms with E-state index in [0.29, 0.717) is 16.0 Å². The van der Waals surface area contributed by atoms with Crippen molar-refractivity contribution in [2.75, 3.05) is 26.7 Å². The largest absolute Gasteiger partial charge is 0.319 e. The molecular formula is C14H20ClF2IN2. The summed E-state index contributed by atoms with van der Waals surface area (Å²) < 4.78 is 28.1. The van der Waals surface area contributed by atoms with E-state index in [9.17, 15) is 8.78 Å². The zero-order valence-electron chi connectivity index (χ0n) is 11.5. The van der Waals surface area contributed by atoms with Gasteiger partial charge in [-0.2, -0.15) is 0 Å². The van der Waals surface area contributed by atoms with Crippen molar-refractivity contribution in [1.82, 2.24) is 10.2 Å². The first-order valence-corrected chi connectivity index (χ1v) is 7.69. The highest BCUT2D eigenvalue weighted by Crippen LogP contribution is 2.23. The van der Waals surface area contributed by atoms with Crippen LogP contribution in [0.4, 0.5) is 8.78 Å². The molecule has 0 radical (unpaired) electrons. The molecule has 1 aromatic carbocycles. The minimum atomic E-state index is -0.435. The van der Waals surface area contributed by atoms with E-state index in [-0.39, 0.29) is 18.0 Å². The number of hydrogen-bond donors (Lipinski definition) is 1. The molecule has 0 spiro atoms. The van der Waals surface area contributed by atoms with Gasteiger partial charge in [-0.1, -0.05) is 0 Å². The fourth-order valence-electron chi connectivity index (χ4n) is 2.57. The molecule has 2 rings (SSSR count). The van der Waals surface area contributed by atoms with Crippen molar-refractivity contribution in [3.05, 3.63) is 32.9 Å². The Balaban J connectivity index is 0.00000200. The molecule has 1 N–H and O–H groups in total. The Morgan fingerprint density at radius 2 is 1.95 bits per heavy atom. The molecule has 1 fully saturated rings. The van der Waals surface area contributed by atoms with Crippen LogP contribution >= 0.6 is 35.0 Å². The minimum absolute atomic E-state index is 0. The summed E-state index contributed by atoms with van der Waals surface area (Å²) in [4.78, 5) is 2.14. The van der Waals surface area contributed by atoms with Gasteiger partial charge in [-0.05, 0) is 80.2 Å². The van der Waals surface area contributed by atoms with Crippen molar-refractivity contribution in [2.24, 2.45) is 5.92 Å². The lowest BCUT2D eigenvalue weighted by Crippen LogP contribution is -2.36. The van der Waals surface area contributed by atoms with Gasteiger partial charge in [-0.15, -0.1) is 12.4 Å². The van der Waals surface area contributed by atoms with Gasteiger partial charge in [0, 0.05) is 15.7 Å². The first kappa shape index (κ1) is 18.1. The molecule has 1 aliphatic rings. The Morgan fingerprint density at radius 1 is 1.30 bits per heavy atom. The van der Waals surface area contributed by atoms with Crippen molar-refractivity contribution < 1.29 is 8.78 Å². The van der Waals surface area contributed by atoms with Crippen LogP contribution in [0.5, 0.6) is 0 Å². The summed E-state index contributed by atoms with van der Waals surface area (Å²) in [5, 5.41) is 3.19. The van der Waals surface area contributed by atoms with E-state index in [1.165, 1.54) is 12.1 Å². The van der Waals surface area contributed by atoms with Gasteiger partial charge in [-0.3, -0.25) is 4.90 Å². The molecular weight excluding hydrogens is 397 g/mol. The first-order chi connectivity index (χ1) is 9.11. The van der Waals surface area contributed by atoms with Gasteiger partial charge >= 0.3 is 0 Å². The normalized spacial score (nSPS) is 17.0. The molecule has 0 unspecified atom stereocenters. The van der Waals surface area contributed by atoms with E-state index in [1.54, 1.807) is 0 Å². The Kier molecular flexibility index (Phi) is 7.64. The fraction of sp³-hybridized carbons (Fsp3) is 0.571. The van der Waals surface area contributed by atoms with Crippen LogP contribution in [-0.2, 0) is 6.54 Å². The zero-order valence-corrected chi connectivity index (χ0v) is 14.4. The number of nitrogens with one attached hydrogen (secondary N) is 1. The summed E-state index contributed by atoms with van der Waals surface area (Å²) in [5.41, 5.74) is 0.207. The van der Waals surface area contributed by atoms with E-state index in [0.717, 1.165) is 32.5 Å². The fourth-order valence-corrected chi connectivity index (χ4v) is 3.08. The summed E-state index contributed by atoms with van der Waals surface area (Å²) in [6.07, 6.45) is 2.18. The van der Waals surface area contributed by atoms with Crippen LogP contribution in [0.15, 0.2) is 12.1 Å². The first-order valence-electron chi connectivity index (χ1n) is 6.61. The lowest BCUT2D eigenvalue weighted by Gasteiger charge is -2.32. The number of hydrogen-bond acceptors (Lipinski definition) is 2. The van der Waals surface area contributed by atoms with Crippen LogP contribution in [0.1, 0.15) is 18.4 Å². The third-order valence-electron chi connectivity index (χ3n) is 3.72. The smallest absolute Gasteiger partial charge is 0.143 e. The van der Waals surface area contributed by atoms with Crippen molar-refractivity contribution in [1.29, 1.82) is 0 Å². The standard InChI is InChI=1S/C14H19F2IN2.ClH/c1-18-8-10-4-6-19(7-5-10)9-11-12(15)2-3-13(17)14(11)16;/h2-3,10,18H,4-9H2,1H3;1H. The summed E-state index contributed by atoms with van der Waals surface area (Å²) in [6.45, 7) is 3.23. The maximum absolute atomic E-state index is 13.9. The number of nitrogens with zero attached hydrogens (tertiary/aromatic N) is 1. The second kappa shape index (κ2) is 8.46. The molecule has 0 atom stereocenters. The van der Waals surface area contributed by atoms with Gasteiger partial charge in [0.15, 0.2) is 0 Å². The zero-order chi connectivity index (χ0) is 13.8. The summed E-state index contributed by atoms with van der Waals surface area (Å²) in [6, 6.07) is 2.84. The highest BCUT2D eigenvalue weighted by molar-refractivity contribution is 14.1. The molecule has 0 aliphatic carbocycles. The van der Waals surface area contributed by atoms with Crippen LogP contribution in [-0.4, -0.2) is 31.6 Å². The van der Waals surface area contributed by atoms with E-state index >= 15 is 0 Å². The van der Waals surface area contributed by atoms with Gasteiger partial charge < -0.3 is 5.32 Å². The molecule has 1 aliphatic heterocycles. The molecule has 1 aromatic rings. The predicted octanol–water partition coefficient (Wildman–Crippen LogP) is 3.42. The van der Waals surface area contributed by atoms with Gasteiger partial charge in [0.05, 0.1) is 0 Å². The van der Waals surface area contributed by atoms with Crippen molar-refractivity contribution in [2.45, 2.75) is 19.4 Å².